The number of anilines is 1. The molecule has 0 heterocycles. The van der Waals surface area contributed by atoms with Gasteiger partial charge in [-0.1, -0.05) is 18.5 Å². The Morgan fingerprint density at radius 3 is 2.50 bits per heavy atom. The molecule has 8 heteroatoms. The van der Waals surface area contributed by atoms with Gasteiger partial charge >= 0.3 is 5.97 Å². The molecule has 28 heavy (non-hydrogen) atoms. The predicted octanol–water partition coefficient (Wildman–Crippen LogP) is 6.81. The molecule has 0 aliphatic rings. The van der Waals surface area contributed by atoms with E-state index in [1.54, 1.807) is 24.3 Å². The van der Waals surface area contributed by atoms with E-state index in [0.717, 1.165) is 12.0 Å². The van der Waals surface area contributed by atoms with Crippen molar-refractivity contribution in [2.45, 2.75) is 45.8 Å². The van der Waals surface area contributed by atoms with Crippen LogP contribution in [0.4, 0.5) is 10.1 Å². The van der Waals surface area contributed by atoms with E-state index in [1.807, 2.05) is 13.8 Å². The van der Waals surface area contributed by atoms with Gasteiger partial charge in [0.1, 0.15) is 12.4 Å². The summed E-state index contributed by atoms with van der Waals surface area (Å²) in [6.07, 6.45) is 1.30. The van der Waals surface area contributed by atoms with Crippen molar-refractivity contribution in [3.05, 3.63) is 55.2 Å². The summed E-state index contributed by atoms with van der Waals surface area (Å²) in [5.74, 6) is -0.740. The van der Waals surface area contributed by atoms with Crippen molar-refractivity contribution in [2.75, 3.05) is 5.32 Å². The van der Waals surface area contributed by atoms with Crippen molar-refractivity contribution in [2.24, 2.45) is 0 Å². The minimum Gasteiger partial charge on any atom is -0.486 e. The molecule has 2 rings (SSSR count). The van der Waals surface area contributed by atoms with E-state index in [2.05, 4.69) is 37.2 Å². The Hall–Kier alpha value is -1.31. The van der Waals surface area contributed by atoms with Gasteiger partial charge in [-0.25, -0.2) is 4.39 Å². The van der Waals surface area contributed by atoms with Crippen LogP contribution in [0.25, 0.3) is 0 Å². The Bertz CT molecular complexity index is 841. The molecule has 2 N–H and O–H groups in total. The lowest BCUT2D eigenvalue weighted by atomic mass is 10.1. The number of benzene rings is 2. The second-order valence-corrected chi connectivity index (χ2v) is 8.60. The van der Waals surface area contributed by atoms with Crippen LogP contribution in [-0.4, -0.2) is 17.1 Å². The monoisotopic (exact) mass is 535 g/mol. The molecule has 4 nitrogen and oxygen atoms in total. The fraction of sp³-hybridized carbons (Fsp3) is 0.350. The highest BCUT2D eigenvalue weighted by atomic mass is 79.9. The van der Waals surface area contributed by atoms with E-state index in [9.17, 15) is 9.18 Å². The third-order valence-electron chi connectivity index (χ3n) is 4.18. The predicted molar refractivity (Wildman–Crippen MR) is 117 cm³/mol. The molecule has 0 bridgehead atoms. The number of aliphatic carboxylic acids is 1. The van der Waals surface area contributed by atoms with E-state index < -0.39 is 11.8 Å². The minimum atomic E-state index is -0.856. The van der Waals surface area contributed by atoms with Crippen LogP contribution in [0.5, 0.6) is 5.75 Å². The maximum atomic E-state index is 14.8. The summed E-state index contributed by atoms with van der Waals surface area (Å²) in [6, 6.07) is 6.82. The van der Waals surface area contributed by atoms with E-state index in [1.165, 1.54) is 0 Å². The summed E-state index contributed by atoms with van der Waals surface area (Å²) in [5.41, 5.74) is 1.54. The average Bonchev–Trinajstić information content (AvgIpc) is 2.62. The number of carboxylic acids is 1. The number of nitrogens with one attached hydrogen (secondary N) is 1. The summed E-state index contributed by atoms with van der Waals surface area (Å²) < 4.78 is 21.9. The van der Waals surface area contributed by atoms with Gasteiger partial charge in [0.15, 0.2) is 5.82 Å². The quantitative estimate of drug-likeness (QED) is 0.369. The van der Waals surface area contributed by atoms with Gasteiger partial charge in [0.05, 0.1) is 14.6 Å². The maximum Gasteiger partial charge on any atom is 0.303 e. The molecule has 0 aliphatic heterocycles. The molecule has 0 fully saturated rings. The molecule has 0 aromatic heterocycles. The number of rotatable bonds is 9. The largest absolute Gasteiger partial charge is 0.486 e. The van der Waals surface area contributed by atoms with Crippen LogP contribution in [0.15, 0.2) is 33.2 Å². The first-order valence-electron chi connectivity index (χ1n) is 8.78. The van der Waals surface area contributed by atoms with Crippen LogP contribution in [-0.2, 0) is 17.8 Å². The standard InChI is InChI=1S/C20H21Br2ClFNO3/c1-3-11(2)25-17-9-14(23)8-13(19(17)24)10-28-20-15(21)6-12(7-16(20)22)4-5-18(26)27/h6-9,11,25H,3-5,10H2,1-2H3,(H,26,27). The van der Waals surface area contributed by atoms with Gasteiger partial charge in [0.2, 0.25) is 0 Å². The molecule has 152 valence electrons. The fourth-order valence-electron chi connectivity index (χ4n) is 2.52. The Balaban J connectivity index is 2.18. The van der Waals surface area contributed by atoms with Crippen LogP contribution in [0, 0.1) is 5.82 Å². The highest BCUT2D eigenvalue weighted by Crippen LogP contribution is 2.36. The van der Waals surface area contributed by atoms with Crippen molar-refractivity contribution in [3.63, 3.8) is 0 Å². The van der Waals surface area contributed by atoms with Crippen LogP contribution >= 0.6 is 43.5 Å². The van der Waals surface area contributed by atoms with Gasteiger partial charge in [-0.15, -0.1) is 0 Å². The van der Waals surface area contributed by atoms with Crippen molar-refractivity contribution in [3.8, 4) is 5.75 Å². The van der Waals surface area contributed by atoms with Crippen molar-refractivity contribution >= 4 is 55.1 Å². The van der Waals surface area contributed by atoms with Crippen LogP contribution in [0.2, 0.25) is 5.02 Å². The van der Waals surface area contributed by atoms with Gasteiger partial charge in [0, 0.05) is 23.0 Å². The molecule has 0 amide bonds. The van der Waals surface area contributed by atoms with Crippen LogP contribution in [0.1, 0.15) is 37.8 Å². The van der Waals surface area contributed by atoms with Crippen molar-refractivity contribution in [1.29, 1.82) is 0 Å². The molecular formula is C20H21Br2ClFNO3. The minimum absolute atomic E-state index is 0.00669. The number of halogens is 4. The molecular weight excluding hydrogens is 516 g/mol. The number of carbonyl (C=O) groups is 1. The number of ether oxygens (including phenoxy) is 1. The summed E-state index contributed by atoms with van der Waals surface area (Å²) in [6.45, 7) is 3.98. The zero-order chi connectivity index (χ0) is 20.8. The molecule has 0 saturated heterocycles. The lowest BCUT2D eigenvalue weighted by molar-refractivity contribution is -0.136. The van der Waals surface area contributed by atoms with E-state index in [-0.39, 0.29) is 19.1 Å². The van der Waals surface area contributed by atoms with Gasteiger partial charge < -0.3 is 15.2 Å². The molecule has 0 aliphatic carbocycles. The number of hydrogen-bond acceptors (Lipinski definition) is 3. The molecule has 2 aromatic rings. The normalized spacial score (nSPS) is 11.9. The lowest BCUT2D eigenvalue weighted by Gasteiger charge is -2.17. The summed E-state index contributed by atoms with van der Waals surface area (Å²) in [4.78, 5) is 10.7. The van der Waals surface area contributed by atoms with Gasteiger partial charge in [-0.3, -0.25) is 4.79 Å². The molecule has 1 atom stereocenters. The van der Waals surface area contributed by atoms with Gasteiger partial charge in [-0.05, 0) is 81.5 Å². The Kier molecular flexibility index (Phi) is 8.58. The second kappa shape index (κ2) is 10.5. The van der Waals surface area contributed by atoms with Gasteiger partial charge in [0.25, 0.3) is 0 Å². The second-order valence-electron chi connectivity index (χ2n) is 6.45. The van der Waals surface area contributed by atoms with Crippen LogP contribution < -0.4 is 10.1 Å². The smallest absolute Gasteiger partial charge is 0.303 e. The molecule has 2 aromatic carbocycles. The SMILES string of the molecule is CCC(C)Nc1cc(Cl)cc(COc2c(Br)cc(CCC(=O)O)cc2Br)c1F. The van der Waals surface area contributed by atoms with Crippen molar-refractivity contribution in [1.82, 2.24) is 0 Å². The Morgan fingerprint density at radius 1 is 1.29 bits per heavy atom. The van der Waals surface area contributed by atoms with E-state index in [4.69, 9.17) is 21.4 Å². The lowest BCUT2D eigenvalue weighted by Crippen LogP contribution is -2.15. The maximum absolute atomic E-state index is 14.8. The highest BCUT2D eigenvalue weighted by Gasteiger charge is 2.15. The highest BCUT2D eigenvalue weighted by molar-refractivity contribution is 9.11. The Labute approximate surface area is 185 Å². The van der Waals surface area contributed by atoms with E-state index >= 15 is 0 Å². The molecule has 0 radical (unpaired) electrons. The molecule has 0 saturated carbocycles. The third-order valence-corrected chi connectivity index (χ3v) is 5.58. The first-order valence-corrected chi connectivity index (χ1v) is 10.7. The zero-order valence-corrected chi connectivity index (χ0v) is 19.4. The summed E-state index contributed by atoms with van der Waals surface area (Å²) >= 11 is 13.0. The topological polar surface area (TPSA) is 58.6 Å². The number of aryl methyl sites for hydroxylation is 1. The molecule has 1 unspecified atom stereocenters. The van der Waals surface area contributed by atoms with E-state index in [0.29, 0.717) is 37.4 Å². The zero-order valence-electron chi connectivity index (χ0n) is 15.5. The average molecular weight is 538 g/mol. The van der Waals surface area contributed by atoms with Crippen LogP contribution in [0.3, 0.4) is 0 Å². The number of hydrogen-bond donors (Lipinski definition) is 2. The first kappa shape index (κ1) is 23.0. The fourth-order valence-corrected chi connectivity index (χ4v) is 4.27. The summed E-state index contributed by atoms with van der Waals surface area (Å²) in [7, 11) is 0. The molecule has 0 spiro atoms. The Morgan fingerprint density at radius 2 is 1.93 bits per heavy atom. The van der Waals surface area contributed by atoms with Crippen molar-refractivity contribution < 1.29 is 19.0 Å². The summed E-state index contributed by atoms with van der Waals surface area (Å²) in [5, 5.41) is 12.4. The number of carboxylic acid groups (broad SMARTS) is 1. The first-order chi connectivity index (χ1) is 13.2. The van der Waals surface area contributed by atoms with Gasteiger partial charge in [-0.2, -0.15) is 0 Å². The third kappa shape index (κ3) is 6.36.